The van der Waals surface area contributed by atoms with Crippen LogP contribution in [0.5, 0.6) is 0 Å². The quantitative estimate of drug-likeness (QED) is 0.564. The smallest absolute Gasteiger partial charge is 0.343 e. The minimum absolute atomic E-state index is 0.00202. The van der Waals surface area contributed by atoms with Gasteiger partial charge in [-0.3, -0.25) is 9.10 Å². The Hall–Kier alpha value is -3.13. The number of aryl methyl sites for hydroxylation is 1. The molecule has 3 rings (SSSR count). The second kappa shape index (κ2) is 7.47. The van der Waals surface area contributed by atoms with Crippen LogP contribution in [0, 0.1) is 6.92 Å². The van der Waals surface area contributed by atoms with Gasteiger partial charge in [0.1, 0.15) is 5.70 Å². The van der Waals surface area contributed by atoms with Gasteiger partial charge in [0.2, 0.25) is 5.78 Å². The molecule has 2 aromatic carbocycles. The summed E-state index contributed by atoms with van der Waals surface area (Å²) in [6, 6.07) is 12.9. The number of ether oxygens (including phenoxy) is 2. The van der Waals surface area contributed by atoms with E-state index in [0.717, 1.165) is 9.87 Å². The van der Waals surface area contributed by atoms with Crippen LogP contribution >= 0.6 is 0 Å². The molecule has 0 bridgehead atoms. The fourth-order valence-corrected chi connectivity index (χ4v) is 4.23. The van der Waals surface area contributed by atoms with Crippen LogP contribution in [-0.4, -0.2) is 45.2 Å². The maximum atomic E-state index is 13.2. The van der Waals surface area contributed by atoms with E-state index in [4.69, 9.17) is 4.74 Å². The van der Waals surface area contributed by atoms with Gasteiger partial charge in [0, 0.05) is 18.2 Å². The summed E-state index contributed by atoms with van der Waals surface area (Å²) in [6.45, 7) is 1.42. The van der Waals surface area contributed by atoms with Crippen molar-refractivity contribution in [3.63, 3.8) is 0 Å². The van der Waals surface area contributed by atoms with E-state index in [1.165, 1.54) is 26.3 Å². The van der Waals surface area contributed by atoms with Crippen LogP contribution in [0.1, 0.15) is 21.5 Å². The Morgan fingerprint density at radius 2 is 1.68 bits per heavy atom. The lowest BCUT2D eigenvalue weighted by Crippen LogP contribution is -2.36. The summed E-state index contributed by atoms with van der Waals surface area (Å²) in [5, 5.41) is 0. The molecule has 0 fully saturated rings. The van der Waals surface area contributed by atoms with Crippen LogP contribution in [0.2, 0.25) is 0 Å². The number of nitrogens with zero attached hydrogens (tertiary/aromatic N) is 1. The number of esters is 1. The normalized spacial score (nSPS) is 15.0. The van der Waals surface area contributed by atoms with Gasteiger partial charge in [0.25, 0.3) is 10.0 Å². The minimum Gasteiger partial charge on any atom is -0.479 e. The Morgan fingerprint density at radius 1 is 1.04 bits per heavy atom. The van der Waals surface area contributed by atoms with E-state index in [1.807, 2.05) is 6.92 Å². The van der Waals surface area contributed by atoms with Crippen molar-refractivity contribution < 1.29 is 27.5 Å². The summed E-state index contributed by atoms with van der Waals surface area (Å²) in [7, 11) is -1.45. The van der Waals surface area contributed by atoms with Gasteiger partial charge in [-0.05, 0) is 19.1 Å². The Kier molecular flexibility index (Phi) is 5.24. The fourth-order valence-electron chi connectivity index (χ4n) is 2.84. The molecule has 0 amide bonds. The Balaban J connectivity index is 2.21. The van der Waals surface area contributed by atoms with Gasteiger partial charge in [-0.25, -0.2) is 13.2 Å². The second-order valence-corrected chi connectivity index (χ2v) is 8.14. The van der Waals surface area contributed by atoms with Crippen molar-refractivity contribution in [1.29, 1.82) is 0 Å². The van der Waals surface area contributed by atoms with Gasteiger partial charge in [0.05, 0.1) is 12.0 Å². The molecule has 2 aromatic rings. The SMILES string of the molecule is COC(=O)COC1=C(C(=O)c2ccc(C)cc2)N(C)S(=O)(=O)c2ccccc21. The molecular weight excluding hydrogens is 382 g/mol. The van der Waals surface area contributed by atoms with Crippen LogP contribution in [0.25, 0.3) is 5.76 Å². The Bertz CT molecular complexity index is 1070. The molecule has 28 heavy (non-hydrogen) atoms. The van der Waals surface area contributed by atoms with Gasteiger partial charge in [0.15, 0.2) is 12.4 Å². The molecule has 0 unspecified atom stereocenters. The lowest BCUT2D eigenvalue weighted by atomic mass is 10.0. The molecule has 0 N–H and O–H groups in total. The minimum atomic E-state index is -3.95. The van der Waals surface area contributed by atoms with E-state index in [1.54, 1.807) is 36.4 Å². The summed E-state index contributed by atoms with van der Waals surface area (Å²) < 4.78 is 36.9. The number of sulfonamides is 1. The van der Waals surface area contributed by atoms with Gasteiger partial charge in [-0.2, -0.15) is 0 Å². The number of Topliss-reactive ketones (excluding diaryl/α,β-unsaturated/α-hetero) is 1. The van der Waals surface area contributed by atoms with Crippen molar-refractivity contribution in [2.45, 2.75) is 11.8 Å². The summed E-state index contributed by atoms with van der Waals surface area (Å²) >= 11 is 0. The largest absolute Gasteiger partial charge is 0.479 e. The molecule has 1 heterocycles. The third kappa shape index (κ3) is 3.38. The molecule has 0 spiro atoms. The molecule has 1 aliphatic rings. The van der Waals surface area contributed by atoms with Crippen LogP contribution in [0.4, 0.5) is 0 Å². The first-order chi connectivity index (χ1) is 13.3. The van der Waals surface area contributed by atoms with Crippen LogP contribution in [0.3, 0.4) is 0 Å². The van der Waals surface area contributed by atoms with Crippen LogP contribution in [0.15, 0.2) is 59.1 Å². The molecule has 0 saturated carbocycles. The predicted molar refractivity (Wildman–Crippen MR) is 102 cm³/mol. The topological polar surface area (TPSA) is 90.0 Å². The molecule has 7 nitrogen and oxygen atoms in total. The number of carbonyl (C=O) groups excluding carboxylic acids is 2. The number of ketones is 1. The van der Waals surface area contributed by atoms with E-state index in [9.17, 15) is 18.0 Å². The highest BCUT2D eigenvalue weighted by Crippen LogP contribution is 2.37. The summed E-state index contributed by atoms with van der Waals surface area (Å²) in [4.78, 5) is 24.8. The number of likely N-dealkylation sites (N-methyl/N-ethyl adjacent to an activating group) is 1. The van der Waals surface area contributed by atoms with E-state index in [0.29, 0.717) is 5.56 Å². The predicted octanol–water partition coefficient (Wildman–Crippen LogP) is 2.37. The van der Waals surface area contributed by atoms with E-state index in [2.05, 4.69) is 4.74 Å². The van der Waals surface area contributed by atoms with Crippen molar-refractivity contribution in [1.82, 2.24) is 4.31 Å². The van der Waals surface area contributed by atoms with Crippen LogP contribution in [-0.2, 0) is 24.3 Å². The van der Waals surface area contributed by atoms with E-state index in [-0.39, 0.29) is 21.9 Å². The summed E-state index contributed by atoms with van der Waals surface area (Å²) in [5.74, 6) is -1.16. The third-order valence-electron chi connectivity index (χ3n) is 4.39. The number of benzene rings is 2. The first-order valence-corrected chi connectivity index (χ1v) is 9.85. The molecule has 0 aliphatic carbocycles. The lowest BCUT2D eigenvalue weighted by molar-refractivity contribution is -0.143. The van der Waals surface area contributed by atoms with Crippen molar-refractivity contribution in [2.24, 2.45) is 0 Å². The molecule has 0 atom stereocenters. The Morgan fingerprint density at radius 3 is 2.32 bits per heavy atom. The van der Waals surface area contributed by atoms with Crippen molar-refractivity contribution in [3.8, 4) is 0 Å². The molecule has 146 valence electrons. The number of allylic oxidation sites excluding steroid dienone is 1. The number of methoxy groups -OCH3 is 1. The zero-order valence-electron chi connectivity index (χ0n) is 15.6. The summed E-state index contributed by atoms with van der Waals surface area (Å²) in [6.07, 6.45) is 0. The monoisotopic (exact) mass is 401 g/mol. The van der Waals surface area contributed by atoms with Gasteiger partial charge in [-0.15, -0.1) is 0 Å². The van der Waals surface area contributed by atoms with Crippen LogP contribution < -0.4 is 0 Å². The van der Waals surface area contributed by atoms with Crippen molar-refractivity contribution in [2.75, 3.05) is 20.8 Å². The highest BCUT2D eigenvalue weighted by Gasteiger charge is 2.39. The van der Waals surface area contributed by atoms with E-state index >= 15 is 0 Å². The van der Waals surface area contributed by atoms with Gasteiger partial charge in [-0.1, -0.05) is 42.0 Å². The van der Waals surface area contributed by atoms with Gasteiger partial charge >= 0.3 is 5.97 Å². The molecule has 8 heteroatoms. The molecule has 0 aromatic heterocycles. The maximum Gasteiger partial charge on any atom is 0.343 e. The number of hydrogen-bond donors (Lipinski definition) is 0. The molecule has 0 radical (unpaired) electrons. The van der Waals surface area contributed by atoms with Gasteiger partial charge < -0.3 is 9.47 Å². The average Bonchev–Trinajstić information content (AvgIpc) is 2.69. The third-order valence-corrected chi connectivity index (χ3v) is 6.21. The summed E-state index contributed by atoms with van der Waals surface area (Å²) in [5.41, 5.74) is 1.33. The first-order valence-electron chi connectivity index (χ1n) is 8.41. The average molecular weight is 401 g/mol. The number of hydrogen-bond acceptors (Lipinski definition) is 6. The highest BCUT2D eigenvalue weighted by molar-refractivity contribution is 7.89. The lowest BCUT2D eigenvalue weighted by Gasteiger charge is -2.30. The highest BCUT2D eigenvalue weighted by atomic mass is 32.2. The number of rotatable bonds is 5. The van der Waals surface area contributed by atoms with Crippen molar-refractivity contribution >= 4 is 27.5 Å². The van der Waals surface area contributed by atoms with Crippen molar-refractivity contribution in [3.05, 3.63) is 70.9 Å². The zero-order chi connectivity index (χ0) is 20.5. The standard InChI is InChI=1S/C20H19NO6S/c1-13-8-10-14(11-9-13)19(23)18-20(27-12-17(22)26-3)15-6-4-5-7-16(15)28(24,25)21(18)2/h4-11H,12H2,1-3H3. The first kappa shape index (κ1) is 19.6. The maximum absolute atomic E-state index is 13.2. The molecular formula is C20H19NO6S. The zero-order valence-corrected chi connectivity index (χ0v) is 16.4. The second-order valence-electron chi connectivity index (χ2n) is 6.21. The fraction of sp³-hybridized carbons (Fsp3) is 0.200. The molecule has 1 aliphatic heterocycles. The number of carbonyl (C=O) groups is 2. The van der Waals surface area contributed by atoms with E-state index < -0.39 is 28.4 Å². The number of fused-ring (bicyclic) bond motifs is 1. The Labute approximate surface area is 163 Å². The molecule has 0 saturated heterocycles.